The number of aromatic nitrogens is 1. The largest absolute Gasteiger partial charge is 0.508 e. The first-order valence-corrected chi connectivity index (χ1v) is 10.8. The van der Waals surface area contributed by atoms with E-state index in [2.05, 4.69) is 11.1 Å². The number of carbonyl (C=O) groups excluding carboxylic acids is 1. The summed E-state index contributed by atoms with van der Waals surface area (Å²) in [5.74, 6) is -0.832. The Morgan fingerprint density at radius 3 is 2.53 bits per heavy atom. The number of thiophene rings is 1. The summed E-state index contributed by atoms with van der Waals surface area (Å²) in [6.45, 7) is 0.302. The molecule has 2 heterocycles. The fourth-order valence-electron chi connectivity index (χ4n) is 3.21. The summed E-state index contributed by atoms with van der Waals surface area (Å²) >= 11 is 7.55. The molecule has 158 valence electrons. The molecule has 0 aliphatic carbocycles. The van der Waals surface area contributed by atoms with E-state index in [1.54, 1.807) is 35.2 Å². The Balaban J connectivity index is 1.71. The number of benzene rings is 2. The van der Waals surface area contributed by atoms with Crippen LogP contribution in [0.25, 0.3) is 11.3 Å². The molecule has 0 radical (unpaired) electrons. The zero-order valence-electron chi connectivity index (χ0n) is 16.6. The normalized spacial score (nSPS) is 10.5. The first-order chi connectivity index (χ1) is 15.4. The number of halogens is 1. The Labute approximate surface area is 193 Å². The van der Waals surface area contributed by atoms with E-state index in [1.165, 1.54) is 29.5 Å². The highest BCUT2D eigenvalue weighted by atomic mass is 35.5. The van der Waals surface area contributed by atoms with Crippen LogP contribution in [-0.4, -0.2) is 21.1 Å². The molecule has 0 fully saturated rings. The highest BCUT2D eigenvalue weighted by Gasteiger charge is 2.22. The van der Waals surface area contributed by atoms with Gasteiger partial charge in [-0.3, -0.25) is 4.79 Å². The first-order valence-electron chi connectivity index (χ1n) is 9.47. The molecule has 6 nitrogen and oxygen atoms in total. The average Bonchev–Trinajstić information content (AvgIpc) is 3.30. The maximum atomic E-state index is 13.3. The van der Waals surface area contributed by atoms with E-state index >= 15 is 0 Å². The number of anilines is 1. The SMILES string of the molecule is N#Cc1cc(Cl)nc(-c2ccc(N(Cc3ccsc3)C(=O)c3ccc(O)cc3O)cc2)c1. The number of nitriles is 1. The van der Waals surface area contributed by atoms with E-state index in [-0.39, 0.29) is 22.2 Å². The molecule has 0 aliphatic heterocycles. The molecule has 0 unspecified atom stereocenters. The number of phenolic OH excluding ortho intramolecular Hbond substituents is 2. The topological polar surface area (TPSA) is 97.5 Å². The predicted octanol–water partition coefficient (Wildman–Crippen LogP) is 5.59. The van der Waals surface area contributed by atoms with Crippen molar-refractivity contribution in [3.8, 4) is 28.8 Å². The number of aromatic hydroxyl groups is 2. The Hall–Kier alpha value is -3.86. The monoisotopic (exact) mass is 461 g/mol. The van der Waals surface area contributed by atoms with E-state index in [4.69, 9.17) is 16.9 Å². The minimum Gasteiger partial charge on any atom is -0.508 e. The van der Waals surface area contributed by atoms with Crippen molar-refractivity contribution in [1.82, 2.24) is 4.98 Å². The molecule has 2 aromatic carbocycles. The Bertz CT molecular complexity index is 1320. The van der Waals surface area contributed by atoms with Gasteiger partial charge in [0.15, 0.2) is 0 Å². The van der Waals surface area contributed by atoms with Gasteiger partial charge in [0, 0.05) is 17.3 Å². The minimum atomic E-state index is -0.408. The van der Waals surface area contributed by atoms with Crippen molar-refractivity contribution in [3.63, 3.8) is 0 Å². The second-order valence-electron chi connectivity index (χ2n) is 6.95. The summed E-state index contributed by atoms with van der Waals surface area (Å²) in [5, 5.41) is 33.0. The van der Waals surface area contributed by atoms with Gasteiger partial charge in [0.05, 0.1) is 29.4 Å². The minimum absolute atomic E-state index is 0.0808. The maximum Gasteiger partial charge on any atom is 0.262 e. The first kappa shape index (κ1) is 21.4. The molecule has 4 rings (SSSR count). The van der Waals surface area contributed by atoms with Crippen LogP contribution >= 0.6 is 22.9 Å². The summed E-state index contributed by atoms with van der Waals surface area (Å²) in [4.78, 5) is 19.1. The molecule has 0 atom stereocenters. The molecule has 0 saturated heterocycles. The molecule has 0 aliphatic rings. The van der Waals surface area contributed by atoms with Crippen molar-refractivity contribution >= 4 is 34.5 Å². The highest BCUT2D eigenvalue weighted by molar-refractivity contribution is 7.07. The van der Waals surface area contributed by atoms with Crippen molar-refractivity contribution in [2.75, 3.05) is 4.90 Å². The van der Waals surface area contributed by atoms with Crippen LogP contribution in [0.4, 0.5) is 5.69 Å². The molecule has 4 aromatic rings. The predicted molar refractivity (Wildman–Crippen MR) is 124 cm³/mol. The lowest BCUT2D eigenvalue weighted by Crippen LogP contribution is -2.30. The number of hydrogen-bond acceptors (Lipinski definition) is 6. The summed E-state index contributed by atoms with van der Waals surface area (Å²) in [7, 11) is 0. The van der Waals surface area contributed by atoms with Gasteiger partial charge in [-0.05, 0) is 58.8 Å². The van der Waals surface area contributed by atoms with Crippen molar-refractivity contribution in [1.29, 1.82) is 5.26 Å². The average molecular weight is 462 g/mol. The lowest BCUT2D eigenvalue weighted by molar-refractivity contribution is 0.0982. The van der Waals surface area contributed by atoms with Gasteiger partial charge >= 0.3 is 0 Å². The number of carbonyl (C=O) groups is 1. The van der Waals surface area contributed by atoms with Gasteiger partial charge in [0.25, 0.3) is 5.91 Å². The third-order valence-electron chi connectivity index (χ3n) is 4.78. The van der Waals surface area contributed by atoms with Gasteiger partial charge in [-0.25, -0.2) is 4.98 Å². The van der Waals surface area contributed by atoms with Crippen LogP contribution in [0.1, 0.15) is 21.5 Å². The van der Waals surface area contributed by atoms with E-state index in [0.29, 0.717) is 23.5 Å². The van der Waals surface area contributed by atoms with Crippen LogP contribution in [0.5, 0.6) is 11.5 Å². The number of hydrogen-bond donors (Lipinski definition) is 2. The van der Waals surface area contributed by atoms with Crippen LogP contribution in [-0.2, 0) is 6.54 Å². The van der Waals surface area contributed by atoms with Crippen molar-refractivity contribution in [3.05, 3.63) is 93.3 Å². The van der Waals surface area contributed by atoms with Crippen LogP contribution in [0, 0.1) is 11.3 Å². The number of rotatable bonds is 5. The Morgan fingerprint density at radius 2 is 1.88 bits per heavy atom. The summed E-state index contributed by atoms with van der Waals surface area (Å²) in [6, 6.07) is 18.1. The number of amides is 1. The summed E-state index contributed by atoms with van der Waals surface area (Å²) < 4.78 is 0. The molecular weight excluding hydrogens is 446 g/mol. The summed E-state index contributed by atoms with van der Waals surface area (Å²) in [6.07, 6.45) is 0. The summed E-state index contributed by atoms with van der Waals surface area (Å²) in [5.41, 5.74) is 3.33. The smallest absolute Gasteiger partial charge is 0.262 e. The molecule has 1 amide bonds. The van der Waals surface area contributed by atoms with Crippen LogP contribution in [0.3, 0.4) is 0 Å². The van der Waals surface area contributed by atoms with Crippen molar-refractivity contribution in [2.24, 2.45) is 0 Å². The van der Waals surface area contributed by atoms with Gasteiger partial charge < -0.3 is 15.1 Å². The standard InChI is InChI=1S/C24H16ClN3O3S/c25-23-10-16(12-26)9-21(27-23)17-1-3-18(4-2-17)28(13-15-7-8-32-14-15)24(31)20-6-5-19(29)11-22(20)30/h1-11,14,29-30H,13H2. The van der Waals surface area contributed by atoms with E-state index < -0.39 is 5.91 Å². The molecule has 2 aromatic heterocycles. The van der Waals surface area contributed by atoms with Crippen molar-refractivity contribution in [2.45, 2.75) is 6.54 Å². The third-order valence-corrected chi connectivity index (χ3v) is 5.70. The Morgan fingerprint density at radius 1 is 1.09 bits per heavy atom. The van der Waals surface area contributed by atoms with Crippen LogP contribution < -0.4 is 4.90 Å². The van der Waals surface area contributed by atoms with E-state index in [9.17, 15) is 15.0 Å². The molecule has 2 N–H and O–H groups in total. The van der Waals surface area contributed by atoms with Crippen LogP contribution in [0.15, 0.2) is 71.4 Å². The zero-order valence-corrected chi connectivity index (χ0v) is 18.1. The highest BCUT2D eigenvalue weighted by Crippen LogP contribution is 2.29. The van der Waals surface area contributed by atoms with E-state index in [1.807, 2.05) is 16.8 Å². The molecule has 8 heteroatoms. The molecule has 0 bridgehead atoms. The van der Waals surface area contributed by atoms with Gasteiger partial charge in [-0.1, -0.05) is 23.7 Å². The molecule has 32 heavy (non-hydrogen) atoms. The van der Waals surface area contributed by atoms with Crippen LogP contribution in [0.2, 0.25) is 5.15 Å². The molecule has 0 saturated carbocycles. The van der Waals surface area contributed by atoms with Gasteiger partial charge in [0.2, 0.25) is 0 Å². The Kier molecular flexibility index (Phi) is 6.08. The quantitative estimate of drug-likeness (QED) is 0.377. The second-order valence-corrected chi connectivity index (χ2v) is 8.11. The molecule has 0 spiro atoms. The number of nitrogens with zero attached hydrogens (tertiary/aromatic N) is 3. The molecular formula is C24H16ClN3O3S. The lowest BCUT2D eigenvalue weighted by Gasteiger charge is -2.23. The fraction of sp³-hybridized carbons (Fsp3) is 0.0417. The second kappa shape index (κ2) is 9.10. The van der Waals surface area contributed by atoms with Crippen molar-refractivity contribution < 1.29 is 15.0 Å². The number of phenols is 2. The number of pyridine rings is 1. The van der Waals surface area contributed by atoms with Gasteiger partial charge in [-0.15, -0.1) is 0 Å². The maximum absolute atomic E-state index is 13.3. The zero-order chi connectivity index (χ0) is 22.7. The van der Waals surface area contributed by atoms with Gasteiger partial charge in [-0.2, -0.15) is 16.6 Å². The van der Waals surface area contributed by atoms with E-state index in [0.717, 1.165) is 17.2 Å². The lowest BCUT2D eigenvalue weighted by atomic mass is 10.1. The third kappa shape index (κ3) is 4.57. The fourth-order valence-corrected chi connectivity index (χ4v) is 4.08. The van der Waals surface area contributed by atoms with Gasteiger partial charge in [0.1, 0.15) is 16.7 Å².